The van der Waals surface area contributed by atoms with Crippen LogP contribution in [0.3, 0.4) is 0 Å². The van der Waals surface area contributed by atoms with E-state index in [1.807, 2.05) is 0 Å². The Kier molecular flexibility index (Phi) is 3.89. The highest BCUT2D eigenvalue weighted by atomic mass is 32.2. The molecular weight excluding hydrogens is 254 g/mol. The Balaban J connectivity index is 3.35. The Morgan fingerprint density at radius 1 is 1.39 bits per heavy atom. The number of aliphatic hydroxyl groups excluding tert-OH is 1. The van der Waals surface area contributed by atoms with Crippen LogP contribution in [-0.4, -0.2) is 25.7 Å². The summed E-state index contributed by atoms with van der Waals surface area (Å²) in [5.74, 6) is 0. The van der Waals surface area contributed by atoms with Gasteiger partial charge < -0.3 is 16.2 Å². The van der Waals surface area contributed by atoms with E-state index >= 15 is 0 Å². The van der Waals surface area contributed by atoms with Gasteiger partial charge in [-0.2, -0.15) is 0 Å². The number of nitrogens with two attached hydrogens (primary N) is 2. The van der Waals surface area contributed by atoms with Gasteiger partial charge in [-0.25, -0.2) is 13.6 Å². The zero-order valence-electron chi connectivity index (χ0n) is 10.7. The van der Waals surface area contributed by atoms with Crippen molar-refractivity contribution in [3.8, 4) is 0 Å². The third kappa shape index (κ3) is 3.34. The van der Waals surface area contributed by atoms with Gasteiger partial charge >= 0.3 is 0 Å². The third-order valence-electron chi connectivity index (χ3n) is 2.56. The molecule has 1 rings (SSSR count). The Labute approximate surface area is 107 Å². The highest BCUT2D eigenvalue weighted by Gasteiger charge is 2.20. The topological polar surface area (TPSA) is 118 Å². The first-order valence-corrected chi connectivity index (χ1v) is 6.93. The average Bonchev–Trinajstić information content (AvgIpc) is 2.21. The lowest BCUT2D eigenvalue weighted by molar-refractivity contribution is 0.234. The lowest BCUT2D eigenvalue weighted by atomic mass is 10.0. The van der Waals surface area contributed by atoms with Crippen molar-refractivity contribution in [2.24, 2.45) is 5.14 Å². The van der Waals surface area contributed by atoms with Crippen molar-refractivity contribution in [1.82, 2.24) is 0 Å². The highest BCUT2D eigenvalue weighted by Crippen LogP contribution is 2.28. The molecule has 0 saturated carbocycles. The maximum Gasteiger partial charge on any atom is 0.238 e. The van der Waals surface area contributed by atoms with E-state index in [-0.39, 0.29) is 11.5 Å². The number of nitrogen functional groups attached to an aromatic ring is 1. The summed E-state index contributed by atoms with van der Waals surface area (Å²) in [5, 5.41) is 17.4. The zero-order valence-corrected chi connectivity index (χ0v) is 11.5. The van der Waals surface area contributed by atoms with Gasteiger partial charge in [-0.05, 0) is 38.5 Å². The molecule has 6 nitrogen and oxygen atoms in total. The molecule has 6 N–H and O–H groups in total. The van der Waals surface area contributed by atoms with Gasteiger partial charge in [0.15, 0.2) is 0 Å². The molecule has 0 unspecified atom stereocenters. The number of sulfonamides is 1. The van der Waals surface area contributed by atoms with Crippen molar-refractivity contribution in [2.75, 3.05) is 17.7 Å². The molecule has 0 heterocycles. The summed E-state index contributed by atoms with van der Waals surface area (Å²) < 4.78 is 22.9. The molecule has 0 aliphatic carbocycles. The number of rotatable bonds is 4. The molecule has 0 bridgehead atoms. The van der Waals surface area contributed by atoms with Crippen molar-refractivity contribution >= 4 is 21.4 Å². The molecule has 0 saturated heterocycles. The summed E-state index contributed by atoms with van der Waals surface area (Å²) in [6, 6.07) is 2.93. The Morgan fingerprint density at radius 2 is 1.94 bits per heavy atom. The first-order chi connectivity index (χ1) is 8.07. The summed E-state index contributed by atoms with van der Waals surface area (Å²) in [6.07, 6.45) is 0. The lowest BCUT2D eigenvalue weighted by Crippen LogP contribution is -2.35. The molecule has 0 radical (unpaired) electrons. The van der Waals surface area contributed by atoms with Crippen LogP contribution in [0.1, 0.15) is 19.4 Å². The highest BCUT2D eigenvalue weighted by molar-refractivity contribution is 7.89. The fourth-order valence-electron chi connectivity index (χ4n) is 1.54. The number of nitrogens with one attached hydrogen (secondary N) is 1. The SMILES string of the molecule is Cc1c(NC(C)(C)CO)cc(N)cc1S(N)(=O)=O. The number of aliphatic hydroxyl groups is 1. The van der Waals surface area contributed by atoms with E-state index in [1.54, 1.807) is 26.8 Å². The minimum Gasteiger partial charge on any atom is -0.399 e. The summed E-state index contributed by atoms with van der Waals surface area (Å²) in [6.45, 7) is 5.10. The zero-order chi connectivity index (χ0) is 14.1. The second-order valence-electron chi connectivity index (χ2n) is 4.90. The van der Waals surface area contributed by atoms with E-state index < -0.39 is 15.6 Å². The van der Waals surface area contributed by atoms with Gasteiger partial charge in [-0.1, -0.05) is 0 Å². The average molecular weight is 273 g/mol. The summed E-state index contributed by atoms with van der Waals surface area (Å²) in [4.78, 5) is -0.0151. The van der Waals surface area contributed by atoms with E-state index in [0.717, 1.165) is 0 Å². The van der Waals surface area contributed by atoms with Gasteiger partial charge in [0, 0.05) is 11.4 Å². The molecule has 1 aromatic carbocycles. The van der Waals surface area contributed by atoms with Crippen LogP contribution >= 0.6 is 0 Å². The van der Waals surface area contributed by atoms with E-state index in [9.17, 15) is 13.5 Å². The van der Waals surface area contributed by atoms with Crippen molar-refractivity contribution in [3.63, 3.8) is 0 Å². The van der Waals surface area contributed by atoms with Crippen LogP contribution in [0.15, 0.2) is 17.0 Å². The normalized spacial score (nSPS) is 12.5. The van der Waals surface area contributed by atoms with E-state index in [0.29, 0.717) is 16.9 Å². The van der Waals surface area contributed by atoms with Gasteiger partial charge in [0.25, 0.3) is 0 Å². The fourth-order valence-corrected chi connectivity index (χ4v) is 2.38. The van der Waals surface area contributed by atoms with Crippen LogP contribution in [0, 0.1) is 6.92 Å². The predicted molar refractivity (Wildman–Crippen MR) is 71.8 cm³/mol. The minimum absolute atomic E-state index is 0.0151. The summed E-state index contributed by atoms with van der Waals surface area (Å²) in [7, 11) is -3.82. The molecule has 102 valence electrons. The van der Waals surface area contributed by atoms with Gasteiger partial charge in [0.2, 0.25) is 10.0 Å². The van der Waals surface area contributed by atoms with Crippen LogP contribution in [0.2, 0.25) is 0 Å². The molecular formula is C11H19N3O3S. The van der Waals surface area contributed by atoms with Crippen LogP contribution in [0.5, 0.6) is 0 Å². The molecule has 1 aromatic rings. The molecule has 7 heteroatoms. The van der Waals surface area contributed by atoms with Crippen molar-refractivity contribution in [1.29, 1.82) is 0 Å². The molecule has 18 heavy (non-hydrogen) atoms. The van der Waals surface area contributed by atoms with Gasteiger partial charge in [-0.3, -0.25) is 0 Å². The second-order valence-corrected chi connectivity index (χ2v) is 6.43. The summed E-state index contributed by atoms with van der Waals surface area (Å²) in [5.41, 5.74) is 6.39. The van der Waals surface area contributed by atoms with Crippen molar-refractivity contribution in [3.05, 3.63) is 17.7 Å². The van der Waals surface area contributed by atoms with Gasteiger partial charge in [0.05, 0.1) is 17.0 Å². The maximum atomic E-state index is 11.4. The minimum atomic E-state index is -3.82. The number of hydrogen-bond donors (Lipinski definition) is 4. The second kappa shape index (κ2) is 4.75. The van der Waals surface area contributed by atoms with E-state index in [2.05, 4.69) is 5.32 Å². The molecule has 0 spiro atoms. The Bertz CT molecular complexity index is 553. The molecule has 0 aliphatic rings. The first kappa shape index (κ1) is 14.7. The number of benzene rings is 1. The monoisotopic (exact) mass is 273 g/mol. The molecule has 0 aliphatic heterocycles. The smallest absolute Gasteiger partial charge is 0.238 e. The van der Waals surface area contributed by atoms with Crippen molar-refractivity contribution in [2.45, 2.75) is 31.2 Å². The maximum absolute atomic E-state index is 11.4. The molecule has 0 atom stereocenters. The van der Waals surface area contributed by atoms with Crippen molar-refractivity contribution < 1.29 is 13.5 Å². The van der Waals surface area contributed by atoms with Gasteiger partial charge in [-0.15, -0.1) is 0 Å². The number of primary sulfonamides is 1. The predicted octanol–water partition coefficient (Wildman–Crippen LogP) is 0.407. The molecule has 0 fully saturated rings. The Morgan fingerprint density at radius 3 is 2.39 bits per heavy atom. The fraction of sp³-hybridized carbons (Fsp3) is 0.455. The number of anilines is 2. The van der Waals surface area contributed by atoms with Crippen LogP contribution < -0.4 is 16.2 Å². The standard InChI is InChI=1S/C11H19N3O3S/c1-7-9(14-11(2,3)6-15)4-8(12)5-10(7)18(13,16)17/h4-5,14-15H,6,12H2,1-3H3,(H2,13,16,17). The third-order valence-corrected chi connectivity index (χ3v) is 3.59. The number of hydrogen-bond acceptors (Lipinski definition) is 5. The molecule has 0 amide bonds. The Hall–Kier alpha value is -1.31. The quantitative estimate of drug-likeness (QED) is 0.592. The van der Waals surface area contributed by atoms with Crippen LogP contribution in [-0.2, 0) is 10.0 Å². The first-order valence-electron chi connectivity index (χ1n) is 5.39. The lowest BCUT2D eigenvalue weighted by Gasteiger charge is -2.26. The van der Waals surface area contributed by atoms with E-state index in [1.165, 1.54) is 6.07 Å². The largest absolute Gasteiger partial charge is 0.399 e. The van der Waals surface area contributed by atoms with Crippen LogP contribution in [0.25, 0.3) is 0 Å². The summed E-state index contributed by atoms with van der Waals surface area (Å²) >= 11 is 0. The van der Waals surface area contributed by atoms with E-state index in [4.69, 9.17) is 10.9 Å². The molecule has 0 aromatic heterocycles. The van der Waals surface area contributed by atoms with Gasteiger partial charge in [0.1, 0.15) is 0 Å². The van der Waals surface area contributed by atoms with Crippen LogP contribution in [0.4, 0.5) is 11.4 Å².